The van der Waals surface area contributed by atoms with Crippen molar-refractivity contribution in [3.05, 3.63) is 35.0 Å². The maximum absolute atomic E-state index is 12.8. The number of carbonyl (C=O) groups is 1. The highest BCUT2D eigenvalue weighted by atomic mass is 35.5. The topological polar surface area (TPSA) is 34.4 Å². The summed E-state index contributed by atoms with van der Waals surface area (Å²) < 4.78 is 14.1. The highest BCUT2D eigenvalue weighted by molar-refractivity contribution is 6.31. The largest absolute Gasteiger partial charge is 0.296 e. The third-order valence-corrected chi connectivity index (χ3v) is 1.96. The van der Waals surface area contributed by atoms with Crippen LogP contribution in [-0.2, 0) is 0 Å². The lowest BCUT2D eigenvalue weighted by atomic mass is 10.4. The van der Waals surface area contributed by atoms with E-state index in [1.54, 1.807) is 0 Å². The molecule has 0 saturated heterocycles. The van der Waals surface area contributed by atoms with Crippen molar-refractivity contribution < 1.29 is 9.18 Å². The Balaban J connectivity index is 2.88. The number of pyridine rings is 1. The van der Waals surface area contributed by atoms with Gasteiger partial charge in [-0.1, -0.05) is 11.6 Å². The monoisotopic (exact) mass is 198 g/mol. The molecule has 2 aromatic rings. The van der Waals surface area contributed by atoms with E-state index in [0.717, 1.165) is 6.20 Å². The fourth-order valence-electron chi connectivity index (χ4n) is 1.11. The van der Waals surface area contributed by atoms with Gasteiger partial charge in [-0.3, -0.25) is 9.20 Å². The first-order valence-electron chi connectivity index (χ1n) is 3.50. The van der Waals surface area contributed by atoms with Gasteiger partial charge in [0.15, 0.2) is 11.4 Å². The molecular weight excluding hydrogens is 195 g/mol. The van der Waals surface area contributed by atoms with E-state index < -0.39 is 5.82 Å². The van der Waals surface area contributed by atoms with Gasteiger partial charge in [0.2, 0.25) is 0 Å². The minimum absolute atomic E-state index is 0.0839. The first kappa shape index (κ1) is 8.19. The van der Waals surface area contributed by atoms with Crippen LogP contribution in [0.25, 0.3) is 5.65 Å². The van der Waals surface area contributed by atoms with E-state index in [1.165, 1.54) is 16.5 Å². The highest BCUT2D eigenvalue weighted by Gasteiger charge is 2.08. The van der Waals surface area contributed by atoms with Gasteiger partial charge in [0, 0.05) is 6.20 Å². The van der Waals surface area contributed by atoms with E-state index in [1.807, 2.05) is 0 Å². The van der Waals surface area contributed by atoms with Crippen LogP contribution in [0.5, 0.6) is 0 Å². The zero-order chi connectivity index (χ0) is 9.42. The molecule has 0 radical (unpaired) electrons. The summed E-state index contributed by atoms with van der Waals surface area (Å²) in [5, 5.41) is 0.0839. The molecule has 0 atom stereocenters. The van der Waals surface area contributed by atoms with Crippen LogP contribution in [-0.4, -0.2) is 15.7 Å². The van der Waals surface area contributed by atoms with Gasteiger partial charge in [-0.25, -0.2) is 9.37 Å². The van der Waals surface area contributed by atoms with E-state index in [2.05, 4.69) is 4.98 Å². The second-order valence-corrected chi connectivity index (χ2v) is 2.84. The number of hydrogen-bond donors (Lipinski definition) is 0. The van der Waals surface area contributed by atoms with Gasteiger partial charge in [0.25, 0.3) is 0 Å². The highest BCUT2D eigenvalue weighted by Crippen LogP contribution is 2.16. The molecule has 66 valence electrons. The lowest BCUT2D eigenvalue weighted by molar-refractivity contribution is 0.111. The summed E-state index contributed by atoms with van der Waals surface area (Å²) in [5.41, 5.74) is 0.615. The lowest BCUT2D eigenvalue weighted by Gasteiger charge is -1.93. The average molecular weight is 199 g/mol. The van der Waals surface area contributed by atoms with Gasteiger partial charge < -0.3 is 0 Å². The molecule has 0 aliphatic heterocycles. The second-order valence-electron chi connectivity index (χ2n) is 2.48. The van der Waals surface area contributed by atoms with E-state index in [9.17, 15) is 9.18 Å². The van der Waals surface area contributed by atoms with Crippen LogP contribution in [0.4, 0.5) is 4.39 Å². The summed E-state index contributed by atoms with van der Waals surface area (Å²) in [4.78, 5) is 14.4. The molecule has 0 fully saturated rings. The SMILES string of the molecule is O=Cc1c(Cl)nc2ccc(F)cn12. The number of carbonyl (C=O) groups excluding carboxylic acids is 1. The van der Waals surface area contributed by atoms with Gasteiger partial charge in [0.05, 0.1) is 0 Å². The van der Waals surface area contributed by atoms with Crippen LogP contribution in [0.15, 0.2) is 18.3 Å². The molecule has 13 heavy (non-hydrogen) atoms. The number of fused-ring (bicyclic) bond motifs is 1. The first-order valence-corrected chi connectivity index (χ1v) is 3.88. The van der Waals surface area contributed by atoms with Crippen molar-refractivity contribution in [2.75, 3.05) is 0 Å². The molecule has 0 amide bonds. The van der Waals surface area contributed by atoms with Crippen molar-refractivity contribution in [3.8, 4) is 0 Å². The van der Waals surface area contributed by atoms with Crippen LogP contribution >= 0.6 is 11.6 Å². The van der Waals surface area contributed by atoms with Gasteiger partial charge in [-0.05, 0) is 12.1 Å². The van der Waals surface area contributed by atoms with Crippen LogP contribution in [0.1, 0.15) is 10.5 Å². The predicted octanol–water partition coefficient (Wildman–Crippen LogP) is 1.94. The molecule has 2 heterocycles. The molecule has 0 spiro atoms. The lowest BCUT2D eigenvalue weighted by Crippen LogP contribution is -1.91. The maximum Gasteiger partial charge on any atom is 0.170 e. The van der Waals surface area contributed by atoms with Gasteiger partial charge >= 0.3 is 0 Å². The quantitative estimate of drug-likeness (QED) is 0.657. The van der Waals surface area contributed by atoms with Gasteiger partial charge in [-0.15, -0.1) is 0 Å². The molecule has 0 unspecified atom stereocenters. The fraction of sp³-hybridized carbons (Fsp3) is 0. The summed E-state index contributed by atoms with van der Waals surface area (Å²) in [6.45, 7) is 0. The Kier molecular flexibility index (Phi) is 1.77. The molecule has 0 bridgehead atoms. The standard InChI is InChI=1S/C8H4ClFN2O/c9-8-6(4-13)12-3-5(10)1-2-7(12)11-8/h1-4H. The molecule has 5 heteroatoms. The molecule has 3 nitrogen and oxygen atoms in total. The van der Waals surface area contributed by atoms with Crippen molar-refractivity contribution in [1.82, 2.24) is 9.38 Å². The number of halogens is 2. The molecule has 0 aliphatic rings. The molecular formula is C8H4ClFN2O. The number of hydrogen-bond acceptors (Lipinski definition) is 2. The van der Waals surface area contributed by atoms with E-state index in [4.69, 9.17) is 11.6 Å². The number of rotatable bonds is 1. The number of nitrogens with zero attached hydrogens (tertiary/aromatic N) is 2. The molecule has 0 aliphatic carbocycles. The van der Waals surface area contributed by atoms with E-state index in [-0.39, 0.29) is 10.8 Å². The minimum atomic E-state index is -0.440. The third kappa shape index (κ3) is 1.19. The van der Waals surface area contributed by atoms with Gasteiger partial charge in [-0.2, -0.15) is 0 Å². The Labute approximate surface area is 77.8 Å². The Morgan fingerprint density at radius 2 is 2.31 bits per heavy atom. The smallest absolute Gasteiger partial charge is 0.170 e. The Morgan fingerprint density at radius 1 is 1.54 bits per heavy atom. The fourth-order valence-corrected chi connectivity index (χ4v) is 1.34. The Morgan fingerprint density at radius 3 is 3.00 bits per heavy atom. The van der Waals surface area contributed by atoms with Crippen molar-refractivity contribution in [2.24, 2.45) is 0 Å². The number of aromatic nitrogens is 2. The van der Waals surface area contributed by atoms with Crippen LogP contribution in [0.2, 0.25) is 5.15 Å². The van der Waals surface area contributed by atoms with Crippen molar-refractivity contribution in [2.45, 2.75) is 0 Å². The minimum Gasteiger partial charge on any atom is -0.296 e. The summed E-state index contributed by atoms with van der Waals surface area (Å²) in [6, 6.07) is 2.71. The molecule has 2 aromatic heterocycles. The number of imidazole rings is 1. The summed E-state index contributed by atoms with van der Waals surface area (Å²) in [6.07, 6.45) is 1.71. The zero-order valence-corrected chi connectivity index (χ0v) is 7.12. The summed E-state index contributed by atoms with van der Waals surface area (Å²) in [7, 11) is 0. The van der Waals surface area contributed by atoms with Crippen molar-refractivity contribution in [3.63, 3.8) is 0 Å². The Hall–Kier alpha value is -1.42. The molecule has 0 aromatic carbocycles. The normalized spacial score (nSPS) is 10.6. The Bertz CT molecular complexity index is 480. The van der Waals surface area contributed by atoms with Crippen LogP contribution < -0.4 is 0 Å². The third-order valence-electron chi connectivity index (χ3n) is 1.69. The maximum atomic E-state index is 12.8. The van der Waals surface area contributed by atoms with Crippen LogP contribution in [0, 0.1) is 5.82 Å². The number of aldehydes is 1. The average Bonchev–Trinajstić information content (AvgIpc) is 2.40. The molecule has 0 N–H and O–H groups in total. The predicted molar refractivity (Wildman–Crippen MR) is 45.5 cm³/mol. The second kappa shape index (κ2) is 2.81. The zero-order valence-electron chi connectivity index (χ0n) is 6.37. The van der Waals surface area contributed by atoms with E-state index in [0.29, 0.717) is 11.9 Å². The van der Waals surface area contributed by atoms with Crippen molar-refractivity contribution in [1.29, 1.82) is 0 Å². The summed E-state index contributed by atoms with van der Waals surface area (Å²) in [5.74, 6) is -0.440. The van der Waals surface area contributed by atoms with Crippen molar-refractivity contribution >= 4 is 23.5 Å². The van der Waals surface area contributed by atoms with Crippen LogP contribution in [0.3, 0.4) is 0 Å². The van der Waals surface area contributed by atoms with Gasteiger partial charge in [0.1, 0.15) is 17.2 Å². The first-order chi connectivity index (χ1) is 6.22. The summed E-state index contributed by atoms with van der Waals surface area (Å²) >= 11 is 5.63. The molecule has 2 rings (SSSR count). The van der Waals surface area contributed by atoms with E-state index >= 15 is 0 Å². The molecule has 0 saturated carbocycles.